The van der Waals surface area contributed by atoms with Gasteiger partial charge in [0, 0.05) is 29.0 Å². The van der Waals surface area contributed by atoms with Crippen molar-refractivity contribution in [2.75, 3.05) is 0 Å². The molecule has 41 heavy (non-hydrogen) atoms. The lowest BCUT2D eigenvalue weighted by atomic mass is 9.86. The van der Waals surface area contributed by atoms with Gasteiger partial charge in [0.1, 0.15) is 22.9 Å². The topological polar surface area (TPSA) is 38.6 Å². The van der Waals surface area contributed by atoms with Gasteiger partial charge >= 0.3 is 6.97 Å². The van der Waals surface area contributed by atoms with Crippen molar-refractivity contribution < 1.29 is 21.9 Å². The van der Waals surface area contributed by atoms with Gasteiger partial charge < -0.3 is 26.4 Å². The van der Waals surface area contributed by atoms with Gasteiger partial charge in [0.05, 0.1) is 29.8 Å². The third-order valence-corrected chi connectivity index (χ3v) is 7.60. The number of aromatic nitrogens is 1. The van der Waals surface area contributed by atoms with Crippen molar-refractivity contribution in [1.29, 1.82) is 0 Å². The summed E-state index contributed by atoms with van der Waals surface area (Å²) < 4.78 is 62.4. The molecule has 8 rings (SSSR count). The summed E-state index contributed by atoms with van der Waals surface area (Å²) >= 11 is 0. The molecule has 5 heterocycles. The molecule has 0 N–H and O–H groups in total. The van der Waals surface area contributed by atoms with Crippen LogP contribution in [0.15, 0.2) is 112 Å². The van der Waals surface area contributed by atoms with Crippen molar-refractivity contribution in [3.8, 4) is 22.6 Å². The Kier molecular flexibility index (Phi) is 4.71. The van der Waals surface area contributed by atoms with Crippen molar-refractivity contribution in [2.45, 2.75) is 0 Å². The molecule has 0 saturated heterocycles. The van der Waals surface area contributed by atoms with Gasteiger partial charge in [0.2, 0.25) is 5.36 Å². The van der Waals surface area contributed by atoms with E-state index in [-0.39, 0.29) is 39.0 Å². The molecule has 0 spiro atoms. The predicted molar refractivity (Wildman–Crippen MR) is 151 cm³/mol. The van der Waals surface area contributed by atoms with Crippen LogP contribution >= 0.6 is 0 Å². The first kappa shape index (κ1) is 23.4. The van der Waals surface area contributed by atoms with Gasteiger partial charge in [-0.2, -0.15) is 0 Å². The Bertz CT molecular complexity index is 2260. The normalized spacial score (nSPS) is 14.9. The summed E-state index contributed by atoms with van der Waals surface area (Å²) in [5, 5.41) is 0.211. The molecule has 196 valence electrons. The van der Waals surface area contributed by atoms with Gasteiger partial charge in [-0.05, 0) is 23.8 Å². The fourth-order valence-corrected chi connectivity index (χ4v) is 5.89. The Morgan fingerprint density at radius 2 is 1.46 bits per heavy atom. The Morgan fingerprint density at radius 1 is 0.780 bits per heavy atom. The Morgan fingerprint density at radius 3 is 2.15 bits per heavy atom. The lowest BCUT2D eigenvalue weighted by Crippen LogP contribution is -2.56. The first-order valence-corrected chi connectivity index (χ1v) is 12.9. The maximum atomic E-state index is 16.8. The van der Waals surface area contributed by atoms with E-state index in [1.54, 1.807) is 24.3 Å². The summed E-state index contributed by atoms with van der Waals surface area (Å²) in [6.07, 6.45) is 1.56. The molecule has 0 fully saturated rings. The number of hydrogen-bond donors (Lipinski definition) is 0. The van der Waals surface area contributed by atoms with Crippen LogP contribution in [0.1, 0.15) is 11.3 Å². The van der Waals surface area contributed by atoms with Crippen molar-refractivity contribution in [1.82, 2.24) is 8.96 Å². The Balaban J connectivity index is 1.45. The highest BCUT2D eigenvalue weighted by atomic mass is 19.2. The Hall–Kier alpha value is -5.49. The molecule has 0 bridgehead atoms. The van der Waals surface area contributed by atoms with Crippen molar-refractivity contribution in [3.05, 3.63) is 142 Å². The van der Waals surface area contributed by atoms with Crippen LogP contribution in [0.3, 0.4) is 0 Å². The van der Waals surface area contributed by atoms with Gasteiger partial charge in [-0.15, -0.1) is 0 Å². The minimum atomic E-state index is -4.45. The zero-order valence-corrected chi connectivity index (χ0v) is 21.2. The predicted octanol–water partition coefficient (Wildman–Crippen LogP) is 6.83. The molecule has 0 unspecified atom stereocenters. The molecule has 0 radical (unpaired) electrons. The number of rotatable bonds is 3. The molecule has 6 aromatic rings. The van der Waals surface area contributed by atoms with Crippen LogP contribution in [0.4, 0.5) is 18.7 Å². The number of furan rings is 2. The average Bonchev–Trinajstić information content (AvgIpc) is 3.73. The van der Waals surface area contributed by atoms with Crippen molar-refractivity contribution in [2.24, 2.45) is 0 Å². The van der Waals surface area contributed by atoms with Crippen molar-refractivity contribution >= 4 is 35.4 Å². The van der Waals surface area contributed by atoms with Crippen LogP contribution in [0.5, 0.6) is 0 Å². The summed E-state index contributed by atoms with van der Waals surface area (Å²) in [6, 6.07) is 27.2. The molecule has 3 aromatic carbocycles. The summed E-state index contributed by atoms with van der Waals surface area (Å²) in [6.45, 7) is 2.99. The summed E-state index contributed by atoms with van der Waals surface area (Å²) in [5.74, 6) is 0.279. The molecular formula is C32H17BF3N3O2. The van der Waals surface area contributed by atoms with E-state index < -0.39 is 12.8 Å². The monoisotopic (exact) mass is 543 g/mol. The third-order valence-electron chi connectivity index (χ3n) is 7.60. The van der Waals surface area contributed by atoms with E-state index in [0.29, 0.717) is 22.7 Å². The average molecular weight is 543 g/mol. The van der Waals surface area contributed by atoms with E-state index >= 15 is 8.63 Å². The first-order valence-electron chi connectivity index (χ1n) is 12.9. The molecule has 2 aliphatic rings. The second-order valence-corrected chi connectivity index (χ2v) is 10.0. The highest BCUT2D eigenvalue weighted by Crippen LogP contribution is 2.43. The van der Waals surface area contributed by atoms with Crippen molar-refractivity contribution in [3.63, 3.8) is 0 Å². The summed E-state index contributed by atoms with van der Waals surface area (Å²) in [7, 11) is 0. The molecule has 9 heteroatoms. The summed E-state index contributed by atoms with van der Waals surface area (Å²) in [4.78, 5) is 3.39. The lowest BCUT2D eigenvalue weighted by Gasteiger charge is -2.31. The van der Waals surface area contributed by atoms with Crippen LogP contribution in [0.2, 0.25) is 0 Å². The summed E-state index contributed by atoms with van der Waals surface area (Å²) in [5.41, 5.74) is 3.33. The fourth-order valence-electron chi connectivity index (χ4n) is 5.89. The molecule has 0 saturated carbocycles. The van der Waals surface area contributed by atoms with Crippen LogP contribution in [0, 0.1) is 12.4 Å². The van der Waals surface area contributed by atoms with Crippen LogP contribution in [-0.2, 0) is 0 Å². The fraction of sp³-hybridized carbons (Fsp3) is 0. The van der Waals surface area contributed by atoms with Gasteiger partial charge in [0.15, 0.2) is 16.8 Å². The zero-order chi connectivity index (χ0) is 27.9. The quantitative estimate of drug-likeness (QED) is 0.181. The van der Waals surface area contributed by atoms with Crippen LogP contribution in [-0.4, -0.2) is 11.4 Å². The van der Waals surface area contributed by atoms with Gasteiger partial charge in [-0.1, -0.05) is 60.7 Å². The van der Waals surface area contributed by atoms with E-state index in [4.69, 9.17) is 15.4 Å². The van der Waals surface area contributed by atoms with Gasteiger partial charge in [0.25, 0.3) is 0 Å². The maximum Gasteiger partial charge on any atom is 0.738 e. The molecule has 0 aliphatic carbocycles. The number of benzene rings is 3. The number of halogens is 3. The van der Waals surface area contributed by atoms with E-state index in [1.165, 1.54) is 12.1 Å². The van der Waals surface area contributed by atoms with E-state index in [9.17, 15) is 4.39 Å². The first-order chi connectivity index (χ1) is 19.9. The zero-order valence-electron chi connectivity index (χ0n) is 21.2. The smallest absolute Gasteiger partial charge is 0.455 e. The number of fused-ring (bicyclic) bond motifs is 5. The van der Waals surface area contributed by atoms with Gasteiger partial charge in [-0.25, -0.2) is 9.24 Å². The second kappa shape index (κ2) is 8.26. The molecule has 3 aromatic heterocycles. The second-order valence-electron chi connectivity index (χ2n) is 10.0. The standard InChI is InChI=1S/C32H17BF3N3O2/c1-37-23-13-21(12-22(34)14-23)32-26-17-30-24(15-28(40-30)19-8-4-2-5-9-19)38(26)33(35,36)39-25-16-29(20-10-6-3-7-11-20)41-31(25)18-27(32)39/h2-18H. The van der Waals surface area contributed by atoms with E-state index in [1.807, 2.05) is 60.7 Å². The number of nitrogens with zero attached hydrogens (tertiary/aromatic N) is 3. The van der Waals surface area contributed by atoms with E-state index in [0.717, 1.165) is 26.2 Å². The molecule has 2 aliphatic heterocycles. The van der Waals surface area contributed by atoms with Gasteiger partial charge in [-0.3, -0.25) is 0 Å². The Labute approximate surface area is 230 Å². The third kappa shape index (κ3) is 3.34. The van der Waals surface area contributed by atoms with Crippen LogP contribution in [0.25, 0.3) is 50.2 Å². The van der Waals surface area contributed by atoms with Crippen LogP contribution < -0.4 is 15.3 Å². The lowest BCUT2D eigenvalue weighted by molar-refractivity contribution is 0.513. The maximum absolute atomic E-state index is 16.8. The molecule has 5 nitrogen and oxygen atoms in total. The van der Waals surface area contributed by atoms with E-state index in [2.05, 4.69) is 4.85 Å². The minimum absolute atomic E-state index is 0.0663. The molecular weight excluding hydrogens is 526 g/mol. The number of hydrogen-bond acceptors (Lipinski definition) is 2. The minimum Gasteiger partial charge on any atom is -0.455 e. The number of allylic oxidation sites excluding steroid dienone is 1. The SMILES string of the molecule is [C-]#[N+]c1cc(F)cc(C2=C3C=c4oc(-c5ccccc5)cc4=[N+]3[B-](F)(F)n3c2cc2oc(-c4ccccc4)cc23)c1. The highest BCUT2D eigenvalue weighted by Gasteiger charge is 2.54. The largest absolute Gasteiger partial charge is 0.738 e. The highest BCUT2D eigenvalue weighted by molar-refractivity contribution is 6.65. The molecule has 0 amide bonds. The molecule has 0 atom stereocenters.